The number of alkyl halides is 1. The molecule has 160 valence electrons. The molecule has 6 nitrogen and oxygen atoms in total. The number of guanidine groups is 1. The fourth-order valence-electron chi connectivity index (χ4n) is 6.10. The van der Waals surface area contributed by atoms with E-state index in [4.69, 9.17) is 22.3 Å². The van der Waals surface area contributed by atoms with Gasteiger partial charge in [-0.2, -0.15) is 5.26 Å². The van der Waals surface area contributed by atoms with Crippen LogP contribution in [-0.2, 0) is 16.8 Å². The van der Waals surface area contributed by atoms with Crippen molar-refractivity contribution in [2.45, 2.75) is 63.5 Å². The lowest BCUT2D eigenvalue weighted by molar-refractivity contribution is -0.141. The van der Waals surface area contributed by atoms with E-state index in [1.807, 2.05) is 33.8 Å². The monoisotopic (exact) mass is 428 g/mol. The number of amides is 1. The molecular formula is C23H29ClN4O2. The molecule has 2 aliphatic carbocycles. The summed E-state index contributed by atoms with van der Waals surface area (Å²) in [5.41, 5.74) is 6.97. The minimum Gasteiger partial charge on any atom is -0.393 e. The second-order valence-electron chi connectivity index (χ2n) is 10.1. The van der Waals surface area contributed by atoms with Gasteiger partial charge in [0.15, 0.2) is 11.5 Å². The topological polar surface area (TPSA) is 103 Å². The highest BCUT2D eigenvalue weighted by atomic mass is 35.5. The maximum absolute atomic E-state index is 14.1. The summed E-state index contributed by atoms with van der Waals surface area (Å²) in [6.07, 6.45) is 1.59. The number of aliphatic hydroxyl groups excluding tert-OH is 1. The Labute approximate surface area is 182 Å². The number of carbonyl (C=O) groups is 1. The van der Waals surface area contributed by atoms with Crippen LogP contribution in [0.2, 0.25) is 0 Å². The smallest absolute Gasteiger partial charge is 0.262 e. The van der Waals surface area contributed by atoms with Crippen LogP contribution in [0.4, 0.5) is 0 Å². The van der Waals surface area contributed by atoms with Crippen LogP contribution in [0.3, 0.4) is 0 Å². The summed E-state index contributed by atoms with van der Waals surface area (Å²) in [7, 11) is 0. The summed E-state index contributed by atoms with van der Waals surface area (Å²) < 4.78 is 0. The van der Waals surface area contributed by atoms with E-state index in [1.165, 1.54) is 4.90 Å². The predicted molar refractivity (Wildman–Crippen MR) is 116 cm³/mol. The van der Waals surface area contributed by atoms with Crippen molar-refractivity contribution in [1.82, 2.24) is 4.90 Å². The van der Waals surface area contributed by atoms with Gasteiger partial charge in [0.1, 0.15) is 0 Å². The first-order valence-corrected chi connectivity index (χ1v) is 10.9. The Morgan fingerprint density at radius 3 is 2.57 bits per heavy atom. The molecule has 1 aliphatic heterocycles. The van der Waals surface area contributed by atoms with Crippen LogP contribution < -0.4 is 5.73 Å². The molecule has 5 atom stereocenters. The molecule has 1 saturated carbocycles. The Morgan fingerprint density at radius 1 is 1.37 bits per heavy atom. The van der Waals surface area contributed by atoms with Crippen molar-refractivity contribution in [3.8, 4) is 6.07 Å². The van der Waals surface area contributed by atoms with Gasteiger partial charge in [0.05, 0.1) is 22.6 Å². The lowest BCUT2D eigenvalue weighted by atomic mass is 9.56. The van der Waals surface area contributed by atoms with E-state index in [2.05, 4.69) is 6.07 Å². The van der Waals surface area contributed by atoms with Crippen LogP contribution in [0, 0.1) is 28.6 Å². The Kier molecular flexibility index (Phi) is 4.72. The normalized spacial score (nSPS) is 35.6. The maximum atomic E-state index is 14.1. The summed E-state index contributed by atoms with van der Waals surface area (Å²) >= 11 is 6.45. The third kappa shape index (κ3) is 2.86. The van der Waals surface area contributed by atoms with Crippen molar-refractivity contribution in [3.05, 3.63) is 34.9 Å². The molecular weight excluding hydrogens is 400 g/mol. The average Bonchev–Trinajstić information content (AvgIpc) is 3.05. The van der Waals surface area contributed by atoms with Gasteiger partial charge in [-0.05, 0) is 68.2 Å². The van der Waals surface area contributed by atoms with E-state index in [1.54, 1.807) is 12.1 Å². The Hall–Kier alpha value is -2.10. The number of aliphatic hydroxyl groups is 1. The minimum atomic E-state index is -1.18. The standard InChI is InChI=1S/C23H29ClN4O2/c1-13-8-22(9-14(2)18(13)29)10-16-6-5-15(11-25)7-17(16)23(22)19(30)28(20(26)27-23)12-21(3,4)24/h5-7,13-14,18,29H,8-10,12H2,1-4H3,(H2,26,27)/t13-,14+,18?,22?,23-/m1/s1. The van der Waals surface area contributed by atoms with Gasteiger partial charge in [-0.15, -0.1) is 11.6 Å². The number of benzene rings is 1. The second-order valence-corrected chi connectivity index (χ2v) is 11.1. The molecule has 3 N–H and O–H groups in total. The Balaban J connectivity index is 1.92. The molecule has 7 heteroatoms. The first kappa shape index (κ1) is 21.1. The van der Waals surface area contributed by atoms with Gasteiger partial charge in [-0.25, -0.2) is 4.99 Å². The van der Waals surface area contributed by atoms with Crippen molar-refractivity contribution >= 4 is 23.5 Å². The quantitative estimate of drug-likeness (QED) is 0.707. The van der Waals surface area contributed by atoms with Crippen LogP contribution in [0.15, 0.2) is 23.2 Å². The summed E-state index contributed by atoms with van der Waals surface area (Å²) in [6, 6.07) is 7.73. The molecule has 0 aromatic heterocycles. The van der Waals surface area contributed by atoms with Crippen LogP contribution in [0.1, 0.15) is 57.2 Å². The number of fused-ring (bicyclic) bond motifs is 3. The number of rotatable bonds is 2. The van der Waals surface area contributed by atoms with E-state index < -0.39 is 21.9 Å². The third-order valence-electron chi connectivity index (χ3n) is 7.16. The summed E-state index contributed by atoms with van der Waals surface area (Å²) in [4.78, 5) is 19.8. The van der Waals surface area contributed by atoms with E-state index in [9.17, 15) is 15.2 Å². The summed E-state index contributed by atoms with van der Waals surface area (Å²) in [5, 5.41) is 20.1. The second kappa shape index (κ2) is 6.70. The number of carbonyl (C=O) groups excluding carboxylic acids is 1. The molecule has 2 spiro atoms. The molecule has 0 radical (unpaired) electrons. The molecule has 1 aromatic rings. The highest BCUT2D eigenvalue weighted by Gasteiger charge is 2.68. The highest BCUT2D eigenvalue weighted by molar-refractivity contribution is 6.24. The molecule has 0 bridgehead atoms. The molecule has 3 aliphatic rings. The lowest BCUT2D eigenvalue weighted by Crippen LogP contribution is -2.56. The van der Waals surface area contributed by atoms with E-state index >= 15 is 0 Å². The van der Waals surface area contributed by atoms with Crippen molar-refractivity contribution in [2.24, 2.45) is 28.0 Å². The van der Waals surface area contributed by atoms with Gasteiger partial charge in [-0.1, -0.05) is 19.9 Å². The number of nitrogens with zero attached hydrogens (tertiary/aromatic N) is 3. The van der Waals surface area contributed by atoms with Gasteiger partial charge in [0.2, 0.25) is 0 Å². The first-order chi connectivity index (χ1) is 13.9. The minimum absolute atomic E-state index is 0.0260. The molecule has 4 rings (SSSR count). The molecule has 30 heavy (non-hydrogen) atoms. The molecule has 1 aromatic carbocycles. The van der Waals surface area contributed by atoms with E-state index in [0.717, 1.165) is 11.1 Å². The highest BCUT2D eigenvalue weighted by Crippen LogP contribution is 2.63. The van der Waals surface area contributed by atoms with Crippen LogP contribution in [-0.4, -0.2) is 39.4 Å². The van der Waals surface area contributed by atoms with Crippen molar-refractivity contribution in [2.75, 3.05) is 6.54 Å². The lowest BCUT2D eigenvalue weighted by Gasteiger charge is -2.49. The van der Waals surface area contributed by atoms with Gasteiger partial charge >= 0.3 is 0 Å². The largest absolute Gasteiger partial charge is 0.393 e. The first-order valence-electron chi connectivity index (χ1n) is 10.5. The molecule has 1 amide bonds. The van der Waals surface area contributed by atoms with Crippen LogP contribution >= 0.6 is 11.6 Å². The van der Waals surface area contributed by atoms with E-state index in [-0.39, 0.29) is 30.2 Å². The maximum Gasteiger partial charge on any atom is 0.262 e. The fourth-order valence-corrected chi connectivity index (χ4v) is 6.22. The number of hydrogen-bond donors (Lipinski definition) is 2. The average molecular weight is 429 g/mol. The summed E-state index contributed by atoms with van der Waals surface area (Å²) in [6.45, 7) is 8.00. The van der Waals surface area contributed by atoms with Crippen molar-refractivity contribution in [1.29, 1.82) is 5.26 Å². The van der Waals surface area contributed by atoms with Crippen molar-refractivity contribution in [3.63, 3.8) is 0 Å². The Bertz CT molecular complexity index is 964. The summed E-state index contributed by atoms with van der Waals surface area (Å²) in [5.74, 6) is 0.0596. The number of nitrogens with two attached hydrogens (primary N) is 1. The van der Waals surface area contributed by atoms with Crippen LogP contribution in [0.5, 0.6) is 0 Å². The number of aliphatic imine (C=N–C) groups is 1. The van der Waals surface area contributed by atoms with Gasteiger partial charge in [0, 0.05) is 12.0 Å². The molecule has 1 fully saturated rings. The van der Waals surface area contributed by atoms with Gasteiger partial charge < -0.3 is 10.8 Å². The zero-order valence-electron chi connectivity index (χ0n) is 17.9. The van der Waals surface area contributed by atoms with Gasteiger partial charge in [-0.3, -0.25) is 9.69 Å². The number of nitriles is 1. The van der Waals surface area contributed by atoms with E-state index in [0.29, 0.717) is 24.8 Å². The zero-order chi connectivity index (χ0) is 22.1. The van der Waals surface area contributed by atoms with Gasteiger partial charge in [0.25, 0.3) is 5.91 Å². The Morgan fingerprint density at radius 2 is 2.00 bits per heavy atom. The SMILES string of the molecule is C[C@@H]1CC2(Cc3ccc(C#N)cc3[C@]23N=C(N)N(CC(C)(C)Cl)C3=O)C[C@H](C)C1O. The number of halogens is 1. The molecule has 2 unspecified atom stereocenters. The van der Waals surface area contributed by atoms with Crippen molar-refractivity contribution < 1.29 is 9.90 Å². The molecule has 0 saturated heterocycles. The predicted octanol–water partition coefficient (Wildman–Crippen LogP) is 2.90. The zero-order valence-corrected chi connectivity index (χ0v) is 18.7. The number of hydrogen-bond acceptors (Lipinski definition) is 5. The third-order valence-corrected chi connectivity index (χ3v) is 7.28. The molecule has 1 heterocycles. The van der Waals surface area contributed by atoms with Crippen LogP contribution in [0.25, 0.3) is 0 Å². The fraction of sp³-hybridized carbons (Fsp3) is 0.609.